The number of Topliss-reactive ketones (excluding diaryl/α,β-unsaturated/α-hetero) is 1. The molecule has 1 fully saturated rings. The van der Waals surface area contributed by atoms with Crippen LogP contribution in [0.2, 0.25) is 0 Å². The molecule has 0 unspecified atom stereocenters. The van der Waals surface area contributed by atoms with Gasteiger partial charge in [0.2, 0.25) is 0 Å². The first-order chi connectivity index (χ1) is 13.7. The largest absolute Gasteiger partial charge is 0.496 e. The Morgan fingerprint density at radius 2 is 1.90 bits per heavy atom. The van der Waals surface area contributed by atoms with Crippen molar-refractivity contribution in [2.45, 2.75) is 71.6 Å². The highest BCUT2D eigenvalue weighted by Crippen LogP contribution is 2.60. The fourth-order valence-corrected chi connectivity index (χ4v) is 5.78. The standard InChI is InChI=1S/C24H34O5/c1-8-29-22(26)24(5)18-10-9-15-20(23(18,4)12-11-19(24)25)17(27-6)13-16(14(2)3)21(15)28-7/h13-14,18H,8-12H2,1-7H3/t18-,23+,24-/m1/s1. The average Bonchev–Trinajstić information content (AvgIpc) is 2.69. The molecule has 0 radical (unpaired) electrons. The smallest absolute Gasteiger partial charge is 0.319 e. The van der Waals surface area contributed by atoms with E-state index in [1.54, 1.807) is 28.1 Å². The van der Waals surface area contributed by atoms with Crippen molar-refractivity contribution in [3.63, 3.8) is 0 Å². The van der Waals surface area contributed by atoms with E-state index in [1.165, 1.54) is 0 Å². The Labute approximate surface area is 174 Å². The number of carbonyl (C=O) groups excluding carboxylic acids is 2. The quantitative estimate of drug-likeness (QED) is 0.533. The first-order valence-electron chi connectivity index (χ1n) is 10.6. The first kappa shape index (κ1) is 21.7. The van der Waals surface area contributed by atoms with Gasteiger partial charge in [-0.2, -0.15) is 0 Å². The molecular weight excluding hydrogens is 368 g/mol. The van der Waals surface area contributed by atoms with Crippen LogP contribution in [-0.4, -0.2) is 32.6 Å². The fraction of sp³-hybridized carbons (Fsp3) is 0.667. The maximum atomic E-state index is 13.0. The third kappa shape index (κ3) is 3.04. The summed E-state index contributed by atoms with van der Waals surface area (Å²) >= 11 is 0. The van der Waals surface area contributed by atoms with E-state index in [1.807, 2.05) is 0 Å². The lowest BCUT2D eigenvalue weighted by Gasteiger charge is -2.53. The number of esters is 1. The van der Waals surface area contributed by atoms with Crippen molar-refractivity contribution >= 4 is 11.8 Å². The second kappa shape index (κ2) is 7.66. The van der Waals surface area contributed by atoms with Gasteiger partial charge in [-0.25, -0.2) is 0 Å². The molecule has 1 saturated carbocycles. The van der Waals surface area contributed by atoms with Crippen LogP contribution in [0.25, 0.3) is 0 Å². The number of carbonyl (C=O) groups is 2. The number of methoxy groups -OCH3 is 2. The molecule has 0 saturated heterocycles. The zero-order chi connectivity index (χ0) is 21.6. The molecule has 0 bridgehead atoms. The minimum atomic E-state index is -1.13. The van der Waals surface area contributed by atoms with E-state index in [9.17, 15) is 9.59 Å². The monoisotopic (exact) mass is 402 g/mol. The molecule has 0 amide bonds. The van der Waals surface area contributed by atoms with Crippen molar-refractivity contribution in [1.82, 2.24) is 0 Å². The molecule has 2 aliphatic rings. The van der Waals surface area contributed by atoms with Crippen LogP contribution < -0.4 is 9.47 Å². The van der Waals surface area contributed by atoms with Crippen molar-refractivity contribution in [2.75, 3.05) is 20.8 Å². The van der Waals surface area contributed by atoms with Crippen LogP contribution in [0.15, 0.2) is 6.07 Å². The summed E-state index contributed by atoms with van der Waals surface area (Å²) in [5, 5.41) is 0. The molecule has 1 aromatic rings. The molecule has 5 heteroatoms. The second-order valence-corrected chi connectivity index (χ2v) is 9.06. The van der Waals surface area contributed by atoms with E-state index in [0.717, 1.165) is 41.0 Å². The Bertz CT molecular complexity index is 827. The van der Waals surface area contributed by atoms with Crippen molar-refractivity contribution in [3.05, 3.63) is 22.8 Å². The summed E-state index contributed by atoms with van der Waals surface area (Å²) in [6, 6.07) is 2.08. The van der Waals surface area contributed by atoms with Gasteiger partial charge in [-0.1, -0.05) is 20.8 Å². The summed E-state index contributed by atoms with van der Waals surface area (Å²) in [4.78, 5) is 26.0. The predicted octanol–water partition coefficient (Wildman–Crippen LogP) is 4.58. The van der Waals surface area contributed by atoms with E-state index in [2.05, 4.69) is 26.8 Å². The minimum Gasteiger partial charge on any atom is -0.496 e. The summed E-state index contributed by atoms with van der Waals surface area (Å²) in [6.07, 6.45) is 2.54. The molecule has 1 aromatic carbocycles. The summed E-state index contributed by atoms with van der Waals surface area (Å²) in [5.74, 6) is 1.52. The Hall–Kier alpha value is -2.04. The van der Waals surface area contributed by atoms with Crippen LogP contribution in [0.4, 0.5) is 0 Å². The van der Waals surface area contributed by atoms with Gasteiger partial charge in [0.05, 0.1) is 20.8 Å². The van der Waals surface area contributed by atoms with Crippen LogP contribution in [0.1, 0.15) is 76.5 Å². The van der Waals surface area contributed by atoms with Crippen LogP contribution in [0.5, 0.6) is 11.5 Å². The molecule has 0 heterocycles. The fourth-order valence-electron chi connectivity index (χ4n) is 5.78. The molecule has 3 atom stereocenters. The van der Waals surface area contributed by atoms with E-state index in [4.69, 9.17) is 14.2 Å². The van der Waals surface area contributed by atoms with Gasteiger partial charge in [-0.05, 0) is 51.0 Å². The Morgan fingerprint density at radius 1 is 1.21 bits per heavy atom. The van der Waals surface area contributed by atoms with E-state index < -0.39 is 11.4 Å². The highest BCUT2D eigenvalue weighted by molar-refractivity contribution is 6.04. The molecule has 3 rings (SSSR count). The Balaban J connectivity index is 2.24. The highest BCUT2D eigenvalue weighted by Gasteiger charge is 2.61. The number of hydrogen-bond acceptors (Lipinski definition) is 5. The summed E-state index contributed by atoms with van der Waals surface area (Å²) in [6.45, 7) is 10.3. The van der Waals surface area contributed by atoms with Gasteiger partial charge in [0.25, 0.3) is 0 Å². The number of ether oxygens (including phenoxy) is 3. The van der Waals surface area contributed by atoms with E-state index in [0.29, 0.717) is 18.8 Å². The predicted molar refractivity (Wildman–Crippen MR) is 112 cm³/mol. The summed E-state index contributed by atoms with van der Waals surface area (Å²) in [5.41, 5.74) is 1.90. The Morgan fingerprint density at radius 3 is 2.45 bits per heavy atom. The van der Waals surface area contributed by atoms with Gasteiger partial charge in [0.1, 0.15) is 22.7 Å². The molecule has 5 nitrogen and oxygen atoms in total. The summed E-state index contributed by atoms with van der Waals surface area (Å²) < 4.78 is 17.1. The number of fused-ring (bicyclic) bond motifs is 3. The number of benzene rings is 1. The van der Waals surface area contributed by atoms with Crippen LogP contribution in [0.3, 0.4) is 0 Å². The van der Waals surface area contributed by atoms with Crippen LogP contribution in [0, 0.1) is 11.3 Å². The van der Waals surface area contributed by atoms with Crippen molar-refractivity contribution in [2.24, 2.45) is 11.3 Å². The molecule has 0 N–H and O–H groups in total. The lowest BCUT2D eigenvalue weighted by molar-refractivity contribution is -0.169. The Kier molecular flexibility index (Phi) is 5.72. The van der Waals surface area contributed by atoms with E-state index >= 15 is 0 Å². The van der Waals surface area contributed by atoms with Gasteiger partial charge >= 0.3 is 5.97 Å². The molecule has 29 heavy (non-hydrogen) atoms. The zero-order valence-electron chi connectivity index (χ0n) is 18.8. The zero-order valence-corrected chi connectivity index (χ0v) is 18.8. The maximum Gasteiger partial charge on any atom is 0.319 e. The minimum absolute atomic E-state index is 0.00777. The SMILES string of the molecule is CCOC(=O)[C@@]1(C)C(=O)CC[C@]2(C)c3c(OC)cc(C(C)C)c(OC)c3CC[C@@H]12. The third-order valence-corrected chi connectivity index (χ3v) is 7.29. The van der Waals surface area contributed by atoms with Crippen molar-refractivity contribution in [3.8, 4) is 11.5 Å². The van der Waals surface area contributed by atoms with Crippen molar-refractivity contribution < 1.29 is 23.8 Å². The molecule has 2 aliphatic carbocycles. The average molecular weight is 403 g/mol. The second-order valence-electron chi connectivity index (χ2n) is 9.06. The molecule has 0 aliphatic heterocycles. The van der Waals surface area contributed by atoms with Gasteiger partial charge in [0, 0.05) is 28.5 Å². The molecule has 0 aromatic heterocycles. The third-order valence-electron chi connectivity index (χ3n) is 7.29. The van der Waals surface area contributed by atoms with Gasteiger partial charge in [0.15, 0.2) is 0 Å². The number of hydrogen-bond donors (Lipinski definition) is 0. The van der Waals surface area contributed by atoms with Gasteiger partial charge < -0.3 is 14.2 Å². The maximum absolute atomic E-state index is 13.0. The van der Waals surface area contributed by atoms with Gasteiger partial charge in [-0.15, -0.1) is 0 Å². The van der Waals surface area contributed by atoms with Gasteiger partial charge in [-0.3, -0.25) is 9.59 Å². The lowest BCUT2D eigenvalue weighted by atomic mass is 9.49. The number of ketones is 1. The first-order valence-corrected chi connectivity index (χ1v) is 10.6. The van der Waals surface area contributed by atoms with Crippen LogP contribution in [-0.2, 0) is 26.2 Å². The normalized spacial score (nSPS) is 28.6. The van der Waals surface area contributed by atoms with Crippen LogP contribution >= 0.6 is 0 Å². The molecule has 160 valence electrons. The molecule has 0 spiro atoms. The highest BCUT2D eigenvalue weighted by atomic mass is 16.5. The number of rotatable bonds is 5. The van der Waals surface area contributed by atoms with Crippen molar-refractivity contribution in [1.29, 1.82) is 0 Å². The summed E-state index contributed by atoms with van der Waals surface area (Å²) in [7, 11) is 3.41. The topological polar surface area (TPSA) is 61.8 Å². The molecular formula is C24H34O5. The van der Waals surface area contributed by atoms with E-state index in [-0.39, 0.29) is 23.7 Å². The lowest BCUT2D eigenvalue weighted by Crippen LogP contribution is -2.57.